The lowest BCUT2D eigenvalue weighted by atomic mass is 10.2. The highest BCUT2D eigenvalue weighted by Crippen LogP contribution is 2.25. The summed E-state index contributed by atoms with van der Waals surface area (Å²) in [6.07, 6.45) is 4.55. The summed E-state index contributed by atoms with van der Waals surface area (Å²) in [5.74, 6) is 0.682. The fourth-order valence-electron chi connectivity index (χ4n) is 2.38. The largest absolute Gasteiger partial charge is 0.497 e. The number of rotatable bonds is 6. The monoisotopic (exact) mass is 387 g/mol. The van der Waals surface area contributed by atoms with Crippen LogP contribution in [0.1, 0.15) is 0 Å². The summed E-state index contributed by atoms with van der Waals surface area (Å²) in [4.78, 5) is 37.3. The lowest BCUT2D eigenvalue weighted by Gasteiger charge is -2.11. The number of amides is 1. The van der Waals surface area contributed by atoms with Gasteiger partial charge in [-0.1, -0.05) is 11.8 Å². The Bertz CT molecular complexity index is 1030. The summed E-state index contributed by atoms with van der Waals surface area (Å²) < 4.78 is 11.5. The van der Waals surface area contributed by atoms with E-state index in [2.05, 4.69) is 20.3 Å². The van der Waals surface area contributed by atoms with Crippen LogP contribution in [0.3, 0.4) is 0 Å². The van der Waals surface area contributed by atoms with Gasteiger partial charge in [0.05, 0.1) is 14.2 Å². The first-order chi connectivity index (χ1) is 13.0. The van der Waals surface area contributed by atoms with E-state index < -0.39 is 5.91 Å². The van der Waals surface area contributed by atoms with Crippen molar-refractivity contribution in [1.29, 1.82) is 0 Å². The van der Waals surface area contributed by atoms with Crippen LogP contribution < -0.4 is 20.3 Å². The molecule has 0 saturated heterocycles. The molecule has 0 aliphatic heterocycles. The molecule has 0 bridgehead atoms. The van der Waals surface area contributed by atoms with Crippen molar-refractivity contribution in [1.82, 2.24) is 19.5 Å². The first-order valence-electron chi connectivity index (χ1n) is 7.83. The minimum absolute atomic E-state index is 0.203. The number of hydrogen-bond acceptors (Lipinski definition) is 8. The van der Waals surface area contributed by atoms with E-state index in [1.165, 1.54) is 43.1 Å². The molecular formula is C17H17N5O4S. The van der Waals surface area contributed by atoms with Crippen LogP contribution in [0.4, 0.5) is 5.69 Å². The van der Waals surface area contributed by atoms with E-state index in [1.54, 1.807) is 18.2 Å². The molecular weight excluding hydrogens is 370 g/mol. The molecule has 140 valence electrons. The van der Waals surface area contributed by atoms with Crippen LogP contribution in [0.5, 0.6) is 11.5 Å². The van der Waals surface area contributed by atoms with Gasteiger partial charge in [-0.05, 0) is 6.26 Å². The molecule has 0 radical (unpaired) electrons. The number of carbonyl (C=O) groups is 1. The van der Waals surface area contributed by atoms with Gasteiger partial charge in [0.15, 0.2) is 10.8 Å². The first-order valence-corrected chi connectivity index (χ1v) is 9.05. The molecule has 9 nitrogen and oxygen atoms in total. The molecule has 0 aliphatic rings. The van der Waals surface area contributed by atoms with Crippen molar-refractivity contribution >= 4 is 34.4 Å². The molecule has 3 aromatic rings. The Kier molecular flexibility index (Phi) is 5.55. The molecule has 1 amide bonds. The number of methoxy groups -OCH3 is 2. The van der Waals surface area contributed by atoms with Crippen molar-refractivity contribution < 1.29 is 14.3 Å². The summed E-state index contributed by atoms with van der Waals surface area (Å²) >= 11 is 1.36. The van der Waals surface area contributed by atoms with Gasteiger partial charge in [0.2, 0.25) is 5.91 Å². The second kappa shape index (κ2) is 8.04. The van der Waals surface area contributed by atoms with Crippen molar-refractivity contribution in [3.8, 4) is 11.5 Å². The number of carbonyl (C=O) groups excluding carboxylic acids is 1. The average Bonchev–Trinajstić information content (AvgIpc) is 2.69. The van der Waals surface area contributed by atoms with E-state index in [1.807, 2.05) is 6.26 Å². The van der Waals surface area contributed by atoms with Gasteiger partial charge in [0.1, 0.15) is 29.8 Å². The van der Waals surface area contributed by atoms with Gasteiger partial charge in [-0.15, -0.1) is 0 Å². The number of fused-ring (bicyclic) bond motifs is 1. The number of nitrogens with zero attached hydrogens (tertiary/aromatic N) is 4. The second-order valence-corrected chi connectivity index (χ2v) is 6.19. The molecule has 2 heterocycles. The number of benzene rings is 1. The second-order valence-electron chi connectivity index (χ2n) is 5.42. The van der Waals surface area contributed by atoms with Crippen molar-refractivity contribution in [3.05, 3.63) is 41.1 Å². The van der Waals surface area contributed by atoms with Crippen LogP contribution in [0, 0.1) is 0 Å². The quantitative estimate of drug-likeness (QED) is 0.501. The van der Waals surface area contributed by atoms with Gasteiger partial charge in [-0.3, -0.25) is 14.2 Å². The summed E-state index contributed by atoms with van der Waals surface area (Å²) in [6.45, 7) is -0.203. The van der Waals surface area contributed by atoms with E-state index in [9.17, 15) is 9.59 Å². The molecule has 0 spiro atoms. The zero-order valence-electron chi connectivity index (χ0n) is 14.9. The Morgan fingerprint density at radius 1 is 1.19 bits per heavy atom. The molecule has 0 aliphatic carbocycles. The predicted octanol–water partition coefficient (Wildman–Crippen LogP) is 1.56. The van der Waals surface area contributed by atoms with Crippen LogP contribution in [0.15, 0.2) is 40.7 Å². The zero-order chi connectivity index (χ0) is 19.4. The highest BCUT2D eigenvalue weighted by molar-refractivity contribution is 7.98. The third-order valence-corrected chi connectivity index (χ3v) is 4.25. The van der Waals surface area contributed by atoms with Crippen LogP contribution in [-0.2, 0) is 11.3 Å². The van der Waals surface area contributed by atoms with E-state index in [-0.39, 0.29) is 17.5 Å². The Morgan fingerprint density at radius 2 is 1.89 bits per heavy atom. The molecule has 0 saturated carbocycles. The predicted molar refractivity (Wildman–Crippen MR) is 102 cm³/mol. The van der Waals surface area contributed by atoms with Crippen molar-refractivity contribution in [2.75, 3.05) is 25.8 Å². The summed E-state index contributed by atoms with van der Waals surface area (Å²) in [5.41, 5.74) is 0.408. The number of ether oxygens (including phenoxy) is 2. The minimum atomic E-state index is -0.393. The van der Waals surface area contributed by atoms with E-state index in [0.717, 1.165) is 0 Å². The van der Waals surface area contributed by atoms with Gasteiger partial charge in [0, 0.05) is 30.1 Å². The molecule has 2 aromatic heterocycles. The molecule has 27 heavy (non-hydrogen) atoms. The number of nitrogens with one attached hydrogen (secondary N) is 1. The molecule has 0 unspecified atom stereocenters. The van der Waals surface area contributed by atoms with Gasteiger partial charge >= 0.3 is 0 Å². The summed E-state index contributed by atoms with van der Waals surface area (Å²) in [6, 6.07) is 5.00. The Morgan fingerprint density at radius 3 is 2.52 bits per heavy atom. The molecule has 0 fully saturated rings. The number of anilines is 1. The first kappa shape index (κ1) is 18.6. The zero-order valence-corrected chi connectivity index (χ0v) is 15.7. The number of hydrogen-bond donors (Lipinski definition) is 1. The fraction of sp³-hybridized carbons (Fsp3) is 0.235. The summed E-state index contributed by atoms with van der Waals surface area (Å²) in [5, 5.41) is 3.49. The lowest BCUT2D eigenvalue weighted by Crippen LogP contribution is -2.28. The maximum Gasteiger partial charge on any atom is 0.264 e. The maximum absolute atomic E-state index is 12.5. The topological polar surface area (TPSA) is 108 Å². The maximum atomic E-state index is 12.5. The SMILES string of the molecule is COc1cc(NC(=O)Cn2cnc3nc(SC)ncc3c2=O)cc(OC)c1. The number of aromatic nitrogens is 4. The summed E-state index contributed by atoms with van der Waals surface area (Å²) in [7, 11) is 3.04. The Hall–Kier alpha value is -3.14. The third kappa shape index (κ3) is 4.17. The Balaban J connectivity index is 1.82. The molecule has 1 N–H and O–H groups in total. The van der Waals surface area contributed by atoms with Crippen molar-refractivity contribution in [2.45, 2.75) is 11.7 Å². The van der Waals surface area contributed by atoms with E-state index in [0.29, 0.717) is 28.0 Å². The van der Waals surface area contributed by atoms with Crippen LogP contribution >= 0.6 is 11.8 Å². The molecule has 10 heteroatoms. The van der Waals surface area contributed by atoms with Gasteiger partial charge in [-0.2, -0.15) is 0 Å². The van der Waals surface area contributed by atoms with E-state index >= 15 is 0 Å². The van der Waals surface area contributed by atoms with Gasteiger partial charge in [0.25, 0.3) is 5.56 Å². The Labute approximate surface area is 158 Å². The molecule has 1 aromatic carbocycles. The normalized spacial score (nSPS) is 10.6. The van der Waals surface area contributed by atoms with Gasteiger partial charge in [-0.25, -0.2) is 15.0 Å². The van der Waals surface area contributed by atoms with Crippen LogP contribution in [0.25, 0.3) is 11.0 Å². The van der Waals surface area contributed by atoms with Crippen LogP contribution in [0.2, 0.25) is 0 Å². The minimum Gasteiger partial charge on any atom is -0.497 e. The average molecular weight is 387 g/mol. The molecule has 3 rings (SSSR count). The van der Waals surface area contributed by atoms with E-state index in [4.69, 9.17) is 9.47 Å². The highest BCUT2D eigenvalue weighted by Gasteiger charge is 2.11. The standard InChI is InChI=1S/C17H17N5O4S/c1-25-11-4-10(5-12(6-11)26-2)20-14(23)8-22-9-19-15-13(16(22)24)7-18-17(21-15)27-3/h4-7,9H,8H2,1-3H3,(H,20,23). The molecule has 0 atom stereocenters. The smallest absolute Gasteiger partial charge is 0.264 e. The van der Waals surface area contributed by atoms with Crippen molar-refractivity contribution in [2.24, 2.45) is 0 Å². The fourth-order valence-corrected chi connectivity index (χ4v) is 2.72. The van der Waals surface area contributed by atoms with Gasteiger partial charge < -0.3 is 14.8 Å². The lowest BCUT2D eigenvalue weighted by molar-refractivity contribution is -0.116. The van der Waals surface area contributed by atoms with Crippen molar-refractivity contribution in [3.63, 3.8) is 0 Å². The van der Waals surface area contributed by atoms with Crippen LogP contribution in [-0.4, -0.2) is 45.9 Å². The third-order valence-electron chi connectivity index (χ3n) is 3.69. The number of thioether (sulfide) groups is 1. The highest BCUT2D eigenvalue weighted by atomic mass is 32.2.